The SMILES string of the molecule is CN(CCC(=O)c1ccccc1Br)CC1CCCCC1. The number of nitrogens with zero attached hydrogens (tertiary/aromatic N) is 1. The van der Waals surface area contributed by atoms with Gasteiger partial charge >= 0.3 is 0 Å². The molecular weight excluding hydrogens is 314 g/mol. The molecule has 0 spiro atoms. The van der Waals surface area contributed by atoms with Crippen LogP contribution in [0.5, 0.6) is 0 Å². The van der Waals surface area contributed by atoms with E-state index in [1.165, 1.54) is 32.1 Å². The number of ketones is 1. The summed E-state index contributed by atoms with van der Waals surface area (Å²) >= 11 is 3.45. The van der Waals surface area contributed by atoms with Gasteiger partial charge in [0.15, 0.2) is 5.78 Å². The summed E-state index contributed by atoms with van der Waals surface area (Å²) in [7, 11) is 2.14. The van der Waals surface area contributed by atoms with E-state index < -0.39 is 0 Å². The Balaban J connectivity index is 1.76. The van der Waals surface area contributed by atoms with Gasteiger partial charge in [-0.1, -0.05) is 53.4 Å². The summed E-state index contributed by atoms with van der Waals surface area (Å²) in [5.41, 5.74) is 0.804. The Morgan fingerprint density at radius 1 is 1.25 bits per heavy atom. The van der Waals surface area contributed by atoms with Crippen LogP contribution in [0.3, 0.4) is 0 Å². The van der Waals surface area contributed by atoms with Crippen LogP contribution in [0.1, 0.15) is 48.9 Å². The van der Waals surface area contributed by atoms with Crippen LogP contribution < -0.4 is 0 Å². The van der Waals surface area contributed by atoms with Crippen LogP contribution in [0.2, 0.25) is 0 Å². The Kier molecular flexibility index (Phi) is 6.24. The van der Waals surface area contributed by atoms with Crippen molar-refractivity contribution in [2.75, 3.05) is 20.1 Å². The lowest BCUT2D eigenvalue weighted by atomic mass is 9.89. The summed E-state index contributed by atoms with van der Waals surface area (Å²) in [6, 6.07) is 7.69. The standard InChI is InChI=1S/C17H24BrNO/c1-19(13-14-7-3-2-4-8-14)12-11-17(20)15-9-5-6-10-16(15)18/h5-6,9-10,14H,2-4,7-8,11-13H2,1H3. The second-order valence-corrected chi connectivity index (χ2v) is 6.77. The van der Waals surface area contributed by atoms with E-state index in [4.69, 9.17) is 0 Å². The minimum absolute atomic E-state index is 0.230. The highest BCUT2D eigenvalue weighted by Gasteiger charge is 2.16. The van der Waals surface area contributed by atoms with Crippen molar-refractivity contribution >= 4 is 21.7 Å². The molecule has 0 saturated heterocycles. The zero-order valence-corrected chi connectivity index (χ0v) is 13.9. The number of hydrogen-bond donors (Lipinski definition) is 0. The Morgan fingerprint density at radius 2 is 1.95 bits per heavy atom. The lowest BCUT2D eigenvalue weighted by molar-refractivity contribution is 0.0963. The number of benzene rings is 1. The highest BCUT2D eigenvalue weighted by molar-refractivity contribution is 9.10. The first-order valence-electron chi connectivity index (χ1n) is 7.63. The summed E-state index contributed by atoms with van der Waals surface area (Å²) in [4.78, 5) is 14.5. The maximum atomic E-state index is 12.2. The molecule has 0 aromatic heterocycles. The smallest absolute Gasteiger partial charge is 0.165 e. The third kappa shape index (κ3) is 4.71. The molecule has 0 bridgehead atoms. The van der Waals surface area contributed by atoms with Crippen molar-refractivity contribution in [3.63, 3.8) is 0 Å². The number of Topliss-reactive ketones (excluding diaryl/α,β-unsaturated/α-hetero) is 1. The lowest BCUT2D eigenvalue weighted by Gasteiger charge is -2.26. The minimum atomic E-state index is 0.230. The monoisotopic (exact) mass is 337 g/mol. The van der Waals surface area contributed by atoms with Crippen molar-refractivity contribution in [3.8, 4) is 0 Å². The van der Waals surface area contributed by atoms with E-state index in [2.05, 4.69) is 27.9 Å². The molecule has 110 valence electrons. The van der Waals surface area contributed by atoms with Gasteiger partial charge < -0.3 is 4.90 Å². The molecule has 0 atom stereocenters. The molecule has 1 aromatic rings. The maximum absolute atomic E-state index is 12.2. The molecule has 2 rings (SSSR count). The number of hydrogen-bond acceptors (Lipinski definition) is 2. The van der Waals surface area contributed by atoms with E-state index in [9.17, 15) is 4.79 Å². The Hall–Kier alpha value is -0.670. The van der Waals surface area contributed by atoms with Gasteiger partial charge in [0.2, 0.25) is 0 Å². The summed E-state index contributed by atoms with van der Waals surface area (Å²) in [5.74, 6) is 1.07. The lowest BCUT2D eigenvalue weighted by Crippen LogP contribution is -2.29. The fraction of sp³-hybridized carbons (Fsp3) is 0.588. The average molecular weight is 338 g/mol. The number of carbonyl (C=O) groups is 1. The molecule has 0 radical (unpaired) electrons. The summed E-state index contributed by atoms with van der Waals surface area (Å²) in [5, 5.41) is 0. The summed E-state index contributed by atoms with van der Waals surface area (Å²) in [6.45, 7) is 2.00. The molecule has 1 saturated carbocycles. The van der Waals surface area contributed by atoms with Crippen molar-refractivity contribution in [1.82, 2.24) is 4.90 Å². The number of rotatable bonds is 6. The third-order valence-corrected chi connectivity index (χ3v) is 4.88. The van der Waals surface area contributed by atoms with E-state index >= 15 is 0 Å². The van der Waals surface area contributed by atoms with Crippen molar-refractivity contribution in [2.45, 2.75) is 38.5 Å². The number of carbonyl (C=O) groups excluding carboxylic acids is 1. The maximum Gasteiger partial charge on any atom is 0.165 e. The van der Waals surface area contributed by atoms with Crippen LogP contribution in [0, 0.1) is 5.92 Å². The molecule has 1 aliphatic carbocycles. The van der Waals surface area contributed by atoms with E-state index in [1.54, 1.807) is 0 Å². The van der Waals surface area contributed by atoms with Gasteiger partial charge in [-0.15, -0.1) is 0 Å². The summed E-state index contributed by atoms with van der Waals surface area (Å²) < 4.78 is 0.903. The molecule has 0 aliphatic heterocycles. The topological polar surface area (TPSA) is 20.3 Å². The minimum Gasteiger partial charge on any atom is -0.306 e. The summed E-state index contributed by atoms with van der Waals surface area (Å²) in [6.07, 6.45) is 7.50. The van der Waals surface area contributed by atoms with Crippen LogP contribution in [0.15, 0.2) is 28.7 Å². The van der Waals surface area contributed by atoms with E-state index in [0.717, 1.165) is 29.0 Å². The first kappa shape index (κ1) is 15.7. The predicted molar refractivity (Wildman–Crippen MR) is 87.2 cm³/mol. The van der Waals surface area contributed by atoms with Gasteiger partial charge in [-0.05, 0) is 31.9 Å². The van der Waals surface area contributed by atoms with Crippen molar-refractivity contribution in [1.29, 1.82) is 0 Å². The van der Waals surface area contributed by atoms with Crippen molar-refractivity contribution < 1.29 is 4.79 Å². The molecule has 1 aromatic carbocycles. The molecular formula is C17H24BrNO. The molecule has 1 aliphatic rings. The Morgan fingerprint density at radius 3 is 2.65 bits per heavy atom. The first-order valence-corrected chi connectivity index (χ1v) is 8.42. The molecule has 0 N–H and O–H groups in total. The van der Waals surface area contributed by atoms with Gasteiger partial charge in [0.25, 0.3) is 0 Å². The fourth-order valence-electron chi connectivity index (χ4n) is 3.02. The first-order chi connectivity index (χ1) is 9.66. The van der Waals surface area contributed by atoms with Crippen LogP contribution in [-0.4, -0.2) is 30.8 Å². The van der Waals surface area contributed by atoms with Crippen molar-refractivity contribution in [3.05, 3.63) is 34.3 Å². The zero-order chi connectivity index (χ0) is 14.4. The molecule has 20 heavy (non-hydrogen) atoms. The second kappa shape index (κ2) is 7.94. The number of halogens is 1. The zero-order valence-electron chi connectivity index (χ0n) is 12.3. The van der Waals surface area contributed by atoms with Gasteiger partial charge in [0, 0.05) is 29.5 Å². The third-order valence-electron chi connectivity index (χ3n) is 4.19. The second-order valence-electron chi connectivity index (χ2n) is 5.92. The van der Waals surface area contributed by atoms with Crippen molar-refractivity contribution in [2.24, 2.45) is 5.92 Å². The molecule has 0 amide bonds. The van der Waals surface area contributed by atoms with Crippen LogP contribution in [0.25, 0.3) is 0 Å². The van der Waals surface area contributed by atoms with Gasteiger partial charge in [-0.25, -0.2) is 0 Å². The predicted octanol–water partition coefficient (Wildman–Crippen LogP) is 4.53. The average Bonchev–Trinajstić information content (AvgIpc) is 2.46. The van der Waals surface area contributed by atoms with E-state index in [1.807, 2.05) is 24.3 Å². The van der Waals surface area contributed by atoms with Crippen LogP contribution >= 0.6 is 15.9 Å². The molecule has 3 heteroatoms. The normalized spacial score (nSPS) is 16.6. The fourth-order valence-corrected chi connectivity index (χ4v) is 3.52. The highest BCUT2D eigenvalue weighted by atomic mass is 79.9. The molecule has 2 nitrogen and oxygen atoms in total. The molecule has 0 heterocycles. The largest absolute Gasteiger partial charge is 0.306 e. The Labute approximate surface area is 130 Å². The molecule has 0 unspecified atom stereocenters. The van der Waals surface area contributed by atoms with E-state index in [0.29, 0.717) is 6.42 Å². The highest BCUT2D eigenvalue weighted by Crippen LogP contribution is 2.24. The molecule has 1 fully saturated rings. The van der Waals surface area contributed by atoms with Gasteiger partial charge in [-0.2, -0.15) is 0 Å². The Bertz CT molecular complexity index is 440. The van der Waals surface area contributed by atoms with E-state index in [-0.39, 0.29) is 5.78 Å². The van der Waals surface area contributed by atoms with Gasteiger partial charge in [-0.3, -0.25) is 4.79 Å². The van der Waals surface area contributed by atoms with Crippen LogP contribution in [0.4, 0.5) is 0 Å². The quantitative estimate of drug-likeness (QED) is 0.710. The van der Waals surface area contributed by atoms with Gasteiger partial charge in [0.1, 0.15) is 0 Å². The van der Waals surface area contributed by atoms with Gasteiger partial charge in [0.05, 0.1) is 0 Å². The van der Waals surface area contributed by atoms with Crippen LogP contribution in [-0.2, 0) is 0 Å².